The van der Waals surface area contributed by atoms with Gasteiger partial charge in [-0.1, -0.05) is 36.2 Å². The summed E-state index contributed by atoms with van der Waals surface area (Å²) >= 11 is 12.0. The maximum atomic E-state index is 12.4. The zero-order chi connectivity index (χ0) is 18.6. The van der Waals surface area contributed by atoms with Gasteiger partial charge >= 0.3 is 0 Å². The summed E-state index contributed by atoms with van der Waals surface area (Å²) < 4.78 is 32.0. The van der Waals surface area contributed by atoms with Gasteiger partial charge in [0, 0.05) is 12.1 Å². The average molecular weight is 403 g/mol. The number of benzene rings is 2. The van der Waals surface area contributed by atoms with Crippen LogP contribution in [0.4, 0.5) is 5.69 Å². The maximum absolute atomic E-state index is 12.4. The number of rotatable bonds is 6. The van der Waals surface area contributed by atoms with Crippen molar-refractivity contribution < 1.29 is 17.9 Å². The fourth-order valence-electron chi connectivity index (χ4n) is 2.09. The molecule has 0 atom stereocenters. The number of methoxy groups -OCH3 is 1. The van der Waals surface area contributed by atoms with E-state index < -0.39 is 15.9 Å². The Hall–Kier alpha value is -1.80. The first kappa shape index (κ1) is 19.5. The molecule has 0 aromatic heterocycles. The molecule has 0 bridgehead atoms. The smallest absolute Gasteiger partial charge is 0.255 e. The Morgan fingerprint density at radius 2 is 1.92 bits per heavy atom. The standard InChI is InChI=1S/C16H16Cl2N2O4S/c1-3-19-25(22,23)14-9-10(7-8-13(14)24-2)16(21)20-12-6-4-5-11(17)15(12)18/h4-9,19H,3H2,1-2H3,(H,20,21). The monoisotopic (exact) mass is 402 g/mol. The summed E-state index contributed by atoms with van der Waals surface area (Å²) in [5.41, 5.74) is 0.458. The number of hydrogen-bond donors (Lipinski definition) is 2. The van der Waals surface area contributed by atoms with Crippen LogP contribution in [0.3, 0.4) is 0 Å². The summed E-state index contributed by atoms with van der Waals surface area (Å²) in [4.78, 5) is 12.3. The predicted octanol–water partition coefficient (Wildman–Crippen LogP) is 3.55. The lowest BCUT2D eigenvalue weighted by Crippen LogP contribution is -2.24. The van der Waals surface area contributed by atoms with Gasteiger partial charge in [0.2, 0.25) is 10.0 Å². The number of sulfonamides is 1. The van der Waals surface area contributed by atoms with E-state index in [2.05, 4.69) is 10.0 Å². The largest absolute Gasteiger partial charge is 0.495 e. The van der Waals surface area contributed by atoms with Crippen molar-refractivity contribution in [3.63, 3.8) is 0 Å². The molecule has 2 aromatic rings. The van der Waals surface area contributed by atoms with Crippen molar-refractivity contribution in [1.29, 1.82) is 0 Å². The van der Waals surface area contributed by atoms with Crippen LogP contribution < -0.4 is 14.8 Å². The van der Waals surface area contributed by atoms with Crippen molar-refractivity contribution in [2.45, 2.75) is 11.8 Å². The first-order chi connectivity index (χ1) is 11.8. The van der Waals surface area contributed by atoms with E-state index in [-0.39, 0.29) is 27.8 Å². The topological polar surface area (TPSA) is 84.5 Å². The second-order valence-electron chi connectivity index (χ2n) is 4.92. The first-order valence-electron chi connectivity index (χ1n) is 7.23. The van der Waals surface area contributed by atoms with Crippen molar-refractivity contribution >= 4 is 44.8 Å². The third-order valence-corrected chi connectivity index (χ3v) is 5.64. The number of ether oxygens (including phenoxy) is 1. The van der Waals surface area contributed by atoms with Crippen molar-refractivity contribution in [3.05, 3.63) is 52.0 Å². The highest BCUT2D eigenvalue weighted by atomic mass is 35.5. The fourth-order valence-corrected chi connectivity index (χ4v) is 3.67. The lowest BCUT2D eigenvalue weighted by molar-refractivity contribution is 0.102. The third-order valence-electron chi connectivity index (χ3n) is 3.25. The van der Waals surface area contributed by atoms with Crippen LogP contribution in [-0.2, 0) is 10.0 Å². The number of anilines is 1. The molecule has 0 saturated heterocycles. The Morgan fingerprint density at radius 3 is 2.56 bits per heavy atom. The molecule has 0 fully saturated rings. The zero-order valence-electron chi connectivity index (χ0n) is 13.5. The predicted molar refractivity (Wildman–Crippen MR) is 98.3 cm³/mol. The molecule has 2 aromatic carbocycles. The molecule has 25 heavy (non-hydrogen) atoms. The van der Waals surface area contributed by atoms with Gasteiger partial charge in [-0.05, 0) is 30.3 Å². The summed E-state index contributed by atoms with van der Waals surface area (Å²) in [5.74, 6) is -0.391. The van der Waals surface area contributed by atoms with Crippen LogP contribution in [0.1, 0.15) is 17.3 Å². The Balaban J connectivity index is 2.39. The van der Waals surface area contributed by atoms with Crippen molar-refractivity contribution in [1.82, 2.24) is 4.72 Å². The van der Waals surface area contributed by atoms with Crippen molar-refractivity contribution in [2.75, 3.05) is 19.0 Å². The Bertz CT molecular complexity index is 901. The molecule has 0 heterocycles. The van der Waals surface area contributed by atoms with Crippen LogP contribution in [-0.4, -0.2) is 28.0 Å². The van der Waals surface area contributed by atoms with Crippen LogP contribution in [0, 0.1) is 0 Å². The molecule has 0 aliphatic carbocycles. The highest BCUT2D eigenvalue weighted by Gasteiger charge is 2.21. The lowest BCUT2D eigenvalue weighted by atomic mass is 10.2. The number of carbonyl (C=O) groups is 1. The molecule has 0 saturated carbocycles. The van der Waals surface area contributed by atoms with Crippen LogP contribution in [0.2, 0.25) is 10.0 Å². The van der Waals surface area contributed by atoms with Crippen LogP contribution in [0.25, 0.3) is 0 Å². The maximum Gasteiger partial charge on any atom is 0.255 e. The second kappa shape index (κ2) is 8.05. The molecule has 0 unspecified atom stereocenters. The van der Waals surface area contributed by atoms with E-state index in [1.807, 2.05) is 0 Å². The van der Waals surface area contributed by atoms with Gasteiger partial charge in [-0.25, -0.2) is 13.1 Å². The molecule has 1 amide bonds. The molecule has 2 rings (SSSR count). The number of carbonyl (C=O) groups excluding carboxylic acids is 1. The van der Waals surface area contributed by atoms with Gasteiger partial charge < -0.3 is 10.1 Å². The van der Waals surface area contributed by atoms with Gasteiger partial charge in [-0.15, -0.1) is 0 Å². The highest BCUT2D eigenvalue weighted by Crippen LogP contribution is 2.30. The molecule has 0 spiro atoms. The second-order valence-corrected chi connectivity index (χ2v) is 7.44. The summed E-state index contributed by atoms with van der Waals surface area (Å²) in [6.45, 7) is 1.86. The van der Waals surface area contributed by atoms with Crippen molar-refractivity contribution in [3.8, 4) is 5.75 Å². The minimum absolute atomic E-state index is 0.123. The third kappa shape index (κ3) is 4.43. The number of amides is 1. The van der Waals surface area contributed by atoms with Gasteiger partial charge in [0.25, 0.3) is 5.91 Å². The van der Waals surface area contributed by atoms with E-state index in [1.165, 1.54) is 25.3 Å². The van der Waals surface area contributed by atoms with Gasteiger partial charge in [0.15, 0.2) is 0 Å². The van der Waals surface area contributed by atoms with E-state index in [4.69, 9.17) is 27.9 Å². The van der Waals surface area contributed by atoms with Crippen molar-refractivity contribution in [2.24, 2.45) is 0 Å². The Labute approximate surface area is 156 Å². The molecular formula is C16H16Cl2N2O4S. The minimum Gasteiger partial charge on any atom is -0.495 e. The molecule has 0 radical (unpaired) electrons. The first-order valence-corrected chi connectivity index (χ1v) is 9.47. The minimum atomic E-state index is -3.80. The molecule has 0 aliphatic rings. The van der Waals surface area contributed by atoms with E-state index in [9.17, 15) is 13.2 Å². The van der Waals surface area contributed by atoms with Gasteiger partial charge in [0.05, 0.1) is 22.8 Å². The van der Waals surface area contributed by atoms with Crippen LogP contribution in [0.5, 0.6) is 5.75 Å². The molecule has 9 heteroatoms. The van der Waals surface area contributed by atoms with Gasteiger partial charge in [-0.3, -0.25) is 4.79 Å². The fraction of sp³-hybridized carbons (Fsp3) is 0.188. The summed E-state index contributed by atoms with van der Waals surface area (Å²) in [5, 5.41) is 3.10. The summed E-state index contributed by atoms with van der Waals surface area (Å²) in [6.07, 6.45) is 0. The Morgan fingerprint density at radius 1 is 1.20 bits per heavy atom. The van der Waals surface area contributed by atoms with Crippen LogP contribution >= 0.6 is 23.2 Å². The summed E-state index contributed by atoms with van der Waals surface area (Å²) in [7, 11) is -2.45. The number of nitrogens with one attached hydrogen (secondary N) is 2. The SMILES string of the molecule is CCNS(=O)(=O)c1cc(C(=O)Nc2cccc(Cl)c2Cl)ccc1OC. The van der Waals surface area contributed by atoms with Gasteiger partial charge in [-0.2, -0.15) is 0 Å². The van der Waals surface area contributed by atoms with E-state index in [1.54, 1.807) is 25.1 Å². The van der Waals surface area contributed by atoms with E-state index in [0.717, 1.165) is 0 Å². The molecule has 134 valence electrons. The van der Waals surface area contributed by atoms with E-state index >= 15 is 0 Å². The van der Waals surface area contributed by atoms with E-state index in [0.29, 0.717) is 10.7 Å². The molecule has 6 nitrogen and oxygen atoms in total. The summed E-state index contributed by atoms with van der Waals surface area (Å²) in [6, 6.07) is 8.93. The number of hydrogen-bond acceptors (Lipinski definition) is 4. The average Bonchev–Trinajstić information content (AvgIpc) is 2.58. The molecular weight excluding hydrogens is 387 g/mol. The zero-order valence-corrected chi connectivity index (χ0v) is 15.8. The Kier molecular flexibility index (Phi) is 6.29. The number of halogens is 2. The molecule has 2 N–H and O–H groups in total. The quantitative estimate of drug-likeness (QED) is 0.773. The molecule has 0 aliphatic heterocycles. The highest BCUT2D eigenvalue weighted by molar-refractivity contribution is 7.89. The lowest BCUT2D eigenvalue weighted by Gasteiger charge is -2.12. The van der Waals surface area contributed by atoms with Gasteiger partial charge in [0.1, 0.15) is 10.6 Å². The van der Waals surface area contributed by atoms with Crippen LogP contribution in [0.15, 0.2) is 41.3 Å². The normalized spacial score (nSPS) is 11.2.